The van der Waals surface area contributed by atoms with Gasteiger partial charge in [0, 0.05) is 23.5 Å². The second-order valence-corrected chi connectivity index (χ2v) is 4.92. The zero-order valence-electron chi connectivity index (χ0n) is 10.5. The number of carbonyl (C=O) groups is 1. The number of ketones is 1. The molecule has 90 valence electrons. The zero-order chi connectivity index (χ0) is 12.3. The third-order valence-electron chi connectivity index (χ3n) is 2.94. The first kappa shape index (κ1) is 13.3. The molecule has 1 heterocycles. The van der Waals surface area contributed by atoms with Gasteiger partial charge in [-0.1, -0.05) is 13.3 Å². The van der Waals surface area contributed by atoms with Crippen LogP contribution in [0.4, 0.5) is 0 Å². The summed E-state index contributed by atoms with van der Waals surface area (Å²) in [6.07, 6.45) is 2.30. The van der Waals surface area contributed by atoms with Gasteiger partial charge in [0.25, 0.3) is 0 Å². The van der Waals surface area contributed by atoms with Crippen LogP contribution in [0.25, 0.3) is 0 Å². The molecule has 3 heteroatoms. The third-order valence-corrected chi connectivity index (χ3v) is 3.13. The molecular formula is C13H20ClNO. The van der Waals surface area contributed by atoms with Crippen molar-refractivity contribution in [2.24, 2.45) is 0 Å². The van der Waals surface area contributed by atoms with Crippen LogP contribution in [0.1, 0.15) is 48.4 Å². The van der Waals surface area contributed by atoms with Gasteiger partial charge < -0.3 is 4.57 Å². The summed E-state index contributed by atoms with van der Waals surface area (Å²) >= 11 is 5.84. The first-order valence-electron chi connectivity index (χ1n) is 5.84. The Morgan fingerprint density at radius 1 is 1.50 bits per heavy atom. The van der Waals surface area contributed by atoms with E-state index in [0.717, 1.165) is 36.3 Å². The van der Waals surface area contributed by atoms with E-state index in [-0.39, 0.29) is 5.78 Å². The molecule has 0 bridgehead atoms. The maximum Gasteiger partial charge on any atom is 0.182 e. The predicted octanol–water partition coefficient (Wildman–Crippen LogP) is 3.72. The predicted molar refractivity (Wildman–Crippen MR) is 68.5 cm³/mol. The van der Waals surface area contributed by atoms with Crippen molar-refractivity contribution in [3.63, 3.8) is 0 Å². The lowest BCUT2D eigenvalue weighted by molar-refractivity contribution is 0.0991. The molecule has 0 aliphatic carbocycles. The van der Waals surface area contributed by atoms with Crippen molar-refractivity contribution in [2.75, 3.05) is 0 Å². The molecule has 1 aromatic heterocycles. The topological polar surface area (TPSA) is 22.0 Å². The van der Waals surface area contributed by atoms with Gasteiger partial charge in [-0.3, -0.25) is 4.79 Å². The molecule has 1 atom stereocenters. The van der Waals surface area contributed by atoms with Gasteiger partial charge >= 0.3 is 0 Å². The average molecular weight is 242 g/mol. The Morgan fingerprint density at radius 3 is 2.62 bits per heavy atom. The van der Waals surface area contributed by atoms with Gasteiger partial charge in [0.2, 0.25) is 0 Å². The fourth-order valence-electron chi connectivity index (χ4n) is 1.93. The standard InChI is InChI=1S/C13H20ClNO/c1-5-6-7-15-9(2)8-12(11(15)4)13(16)10(3)14/h8,10H,5-7H2,1-4H3. The van der Waals surface area contributed by atoms with Crippen LogP contribution in [-0.2, 0) is 6.54 Å². The van der Waals surface area contributed by atoms with Crippen LogP contribution in [0, 0.1) is 13.8 Å². The lowest BCUT2D eigenvalue weighted by atomic mass is 10.1. The third kappa shape index (κ3) is 2.67. The summed E-state index contributed by atoms with van der Waals surface area (Å²) in [5.41, 5.74) is 2.96. The van der Waals surface area contributed by atoms with E-state index in [1.807, 2.05) is 19.9 Å². The van der Waals surface area contributed by atoms with Crippen LogP contribution in [0.15, 0.2) is 6.07 Å². The number of hydrogen-bond acceptors (Lipinski definition) is 1. The molecule has 0 spiro atoms. The first-order chi connectivity index (χ1) is 7.49. The van der Waals surface area contributed by atoms with Crippen molar-refractivity contribution in [3.8, 4) is 0 Å². The van der Waals surface area contributed by atoms with Gasteiger partial charge in [0.1, 0.15) is 0 Å². The molecule has 1 unspecified atom stereocenters. The molecule has 0 saturated heterocycles. The minimum absolute atomic E-state index is 0.0255. The Kier molecular flexibility index (Phi) is 4.60. The van der Waals surface area contributed by atoms with Crippen molar-refractivity contribution < 1.29 is 4.79 Å². The number of rotatable bonds is 5. The van der Waals surface area contributed by atoms with Crippen LogP contribution in [0.5, 0.6) is 0 Å². The number of carbonyl (C=O) groups excluding carboxylic acids is 1. The monoisotopic (exact) mass is 241 g/mol. The molecule has 0 amide bonds. The maximum atomic E-state index is 11.9. The van der Waals surface area contributed by atoms with Crippen molar-refractivity contribution in [2.45, 2.75) is 52.5 Å². The van der Waals surface area contributed by atoms with E-state index in [9.17, 15) is 4.79 Å². The Bertz CT molecular complexity index is 380. The molecule has 0 radical (unpaired) electrons. The van der Waals surface area contributed by atoms with Crippen molar-refractivity contribution in [1.29, 1.82) is 0 Å². The highest BCUT2D eigenvalue weighted by atomic mass is 35.5. The smallest absolute Gasteiger partial charge is 0.182 e. The van der Waals surface area contributed by atoms with E-state index in [4.69, 9.17) is 11.6 Å². The van der Waals surface area contributed by atoms with E-state index in [1.54, 1.807) is 6.92 Å². The number of Topliss-reactive ketones (excluding diaryl/α,β-unsaturated/α-hetero) is 1. The number of unbranched alkanes of at least 4 members (excludes halogenated alkanes) is 1. The molecule has 0 aliphatic heterocycles. The number of aromatic nitrogens is 1. The Morgan fingerprint density at radius 2 is 2.12 bits per heavy atom. The van der Waals surface area contributed by atoms with Gasteiger partial charge in [-0.25, -0.2) is 0 Å². The average Bonchev–Trinajstić information content (AvgIpc) is 2.51. The summed E-state index contributed by atoms with van der Waals surface area (Å²) < 4.78 is 2.20. The van der Waals surface area contributed by atoms with E-state index < -0.39 is 5.38 Å². The van der Waals surface area contributed by atoms with Crippen LogP contribution in [0.2, 0.25) is 0 Å². The number of halogens is 1. The number of hydrogen-bond donors (Lipinski definition) is 0. The Balaban J connectivity index is 3.01. The molecule has 1 aromatic rings. The van der Waals surface area contributed by atoms with Gasteiger partial charge in [-0.2, -0.15) is 0 Å². The molecule has 0 N–H and O–H groups in total. The van der Waals surface area contributed by atoms with E-state index in [2.05, 4.69) is 11.5 Å². The van der Waals surface area contributed by atoms with Crippen LogP contribution >= 0.6 is 11.6 Å². The van der Waals surface area contributed by atoms with E-state index in [1.165, 1.54) is 0 Å². The number of nitrogens with zero attached hydrogens (tertiary/aromatic N) is 1. The maximum absolute atomic E-state index is 11.9. The summed E-state index contributed by atoms with van der Waals surface area (Å²) in [6, 6.07) is 1.95. The molecule has 2 nitrogen and oxygen atoms in total. The van der Waals surface area contributed by atoms with Crippen LogP contribution < -0.4 is 0 Å². The summed E-state index contributed by atoms with van der Waals surface area (Å²) in [5.74, 6) is 0.0255. The fourth-order valence-corrected chi connectivity index (χ4v) is 2.04. The van der Waals surface area contributed by atoms with E-state index in [0.29, 0.717) is 0 Å². The minimum atomic E-state index is -0.444. The fraction of sp³-hybridized carbons (Fsp3) is 0.615. The van der Waals surface area contributed by atoms with Crippen LogP contribution in [-0.4, -0.2) is 15.7 Å². The van der Waals surface area contributed by atoms with Gasteiger partial charge in [0.05, 0.1) is 5.38 Å². The highest BCUT2D eigenvalue weighted by Crippen LogP contribution is 2.19. The summed E-state index contributed by atoms with van der Waals surface area (Å²) in [5, 5.41) is -0.444. The highest BCUT2D eigenvalue weighted by Gasteiger charge is 2.18. The van der Waals surface area contributed by atoms with Gasteiger partial charge in [-0.15, -0.1) is 11.6 Å². The SMILES string of the molecule is CCCCn1c(C)cc(C(=O)C(C)Cl)c1C. The Hall–Kier alpha value is -0.760. The summed E-state index contributed by atoms with van der Waals surface area (Å²) in [4.78, 5) is 11.9. The Labute approximate surface area is 103 Å². The molecule has 0 fully saturated rings. The van der Waals surface area contributed by atoms with Crippen molar-refractivity contribution in [1.82, 2.24) is 4.57 Å². The van der Waals surface area contributed by atoms with Gasteiger partial charge in [-0.05, 0) is 33.3 Å². The number of alkyl halides is 1. The normalized spacial score (nSPS) is 12.8. The van der Waals surface area contributed by atoms with E-state index >= 15 is 0 Å². The second-order valence-electron chi connectivity index (χ2n) is 4.27. The van der Waals surface area contributed by atoms with Crippen molar-refractivity contribution in [3.05, 3.63) is 23.0 Å². The summed E-state index contributed by atoms with van der Waals surface area (Å²) in [6.45, 7) is 8.91. The molecule has 0 saturated carbocycles. The molecule has 16 heavy (non-hydrogen) atoms. The summed E-state index contributed by atoms with van der Waals surface area (Å²) in [7, 11) is 0. The van der Waals surface area contributed by atoms with Crippen molar-refractivity contribution >= 4 is 17.4 Å². The second kappa shape index (κ2) is 5.53. The highest BCUT2D eigenvalue weighted by molar-refractivity contribution is 6.33. The lowest BCUT2D eigenvalue weighted by Gasteiger charge is -2.09. The van der Waals surface area contributed by atoms with Crippen LogP contribution in [0.3, 0.4) is 0 Å². The zero-order valence-corrected chi connectivity index (χ0v) is 11.3. The first-order valence-corrected chi connectivity index (χ1v) is 6.27. The number of aryl methyl sites for hydroxylation is 1. The molecule has 0 aliphatic rings. The largest absolute Gasteiger partial charge is 0.348 e. The lowest BCUT2D eigenvalue weighted by Crippen LogP contribution is -2.12. The molecule has 1 rings (SSSR count). The molecular weight excluding hydrogens is 222 g/mol. The molecule has 0 aromatic carbocycles. The minimum Gasteiger partial charge on any atom is -0.348 e. The van der Waals surface area contributed by atoms with Gasteiger partial charge in [0.15, 0.2) is 5.78 Å². The quantitative estimate of drug-likeness (QED) is 0.569.